The van der Waals surface area contributed by atoms with Crippen molar-refractivity contribution in [3.05, 3.63) is 35.6 Å². The van der Waals surface area contributed by atoms with Crippen LogP contribution in [0.15, 0.2) is 29.3 Å². The van der Waals surface area contributed by atoms with Gasteiger partial charge in [0.2, 0.25) is 5.91 Å². The quantitative estimate of drug-likeness (QED) is 0.368. The second-order valence-corrected chi connectivity index (χ2v) is 6.99. The molecule has 156 valence electrons. The summed E-state index contributed by atoms with van der Waals surface area (Å²) in [6, 6.07) is 6.48. The van der Waals surface area contributed by atoms with E-state index in [1.807, 2.05) is 0 Å². The fourth-order valence-corrected chi connectivity index (χ4v) is 2.77. The van der Waals surface area contributed by atoms with Gasteiger partial charge in [-0.25, -0.2) is 9.38 Å². The summed E-state index contributed by atoms with van der Waals surface area (Å²) in [5.41, 5.74) is 1.05. The highest BCUT2D eigenvalue weighted by atomic mass is 19.1. The molecule has 0 radical (unpaired) electrons. The fourth-order valence-electron chi connectivity index (χ4n) is 2.77. The summed E-state index contributed by atoms with van der Waals surface area (Å²) in [6.45, 7) is 6.10. The van der Waals surface area contributed by atoms with Gasteiger partial charge in [0.05, 0.1) is 13.2 Å². The minimum absolute atomic E-state index is 0.0482. The molecule has 0 bridgehead atoms. The van der Waals surface area contributed by atoms with Crippen molar-refractivity contribution in [3.8, 4) is 0 Å². The Morgan fingerprint density at radius 1 is 1.18 bits per heavy atom. The van der Waals surface area contributed by atoms with Gasteiger partial charge in [-0.1, -0.05) is 12.1 Å². The number of morpholine rings is 1. The molecule has 0 aromatic heterocycles. The molecule has 1 aromatic carbocycles. The Kier molecular flexibility index (Phi) is 9.71. The van der Waals surface area contributed by atoms with Crippen LogP contribution in [0.3, 0.4) is 0 Å². The Balaban J connectivity index is 1.77. The number of halogens is 1. The Hall–Kier alpha value is -2.19. The Morgan fingerprint density at radius 3 is 2.54 bits per heavy atom. The third kappa shape index (κ3) is 8.67. The van der Waals surface area contributed by atoms with E-state index in [1.165, 1.54) is 17.0 Å². The molecule has 1 saturated heterocycles. The Bertz CT molecular complexity index is 616. The number of guanidine groups is 1. The van der Waals surface area contributed by atoms with E-state index in [0.717, 1.165) is 57.8 Å². The lowest BCUT2D eigenvalue weighted by atomic mass is 10.1. The van der Waals surface area contributed by atoms with Crippen molar-refractivity contribution >= 4 is 11.9 Å². The SMILES string of the molecule is CN(C)C(=O)CN=C(NCCCN1CCOCC1)NCCc1ccc(F)cc1. The summed E-state index contributed by atoms with van der Waals surface area (Å²) in [5, 5.41) is 6.56. The topological polar surface area (TPSA) is 69.2 Å². The van der Waals surface area contributed by atoms with Gasteiger partial charge in [0.1, 0.15) is 12.4 Å². The maximum atomic E-state index is 13.0. The normalized spacial score (nSPS) is 15.3. The maximum Gasteiger partial charge on any atom is 0.243 e. The summed E-state index contributed by atoms with van der Waals surface area (Å²) in [4.78, 5) is 20.1. The van der Waals surface area contributed by atoms with E-state index in [2.05, 4.69) is 20.5 Å². The van der Waals surface area contributed by atoms with Crippen LogP contribution in [0.25, 0.3) is 0 Å². The molecular weight excluding hydrogens is 361 g/mol. The van der Waals surface area contributed by atoms with Crippen molar-refractivity contribution in [2.24, 2.45) is 4.99 Å². The van der Waals surface area contributed by atoms with Crippen LogP contribution in [0.2, 0.25) is 0 Å². The zero-order valence-corrected chi connectivity index (χ0v) is 16.9. The molecular formula is C20H32FN5O2. The second-order valence-electron chi connectivity index (χ2n) is 6.99. The molecule has 1 heterocycles. The number of hydrogen-bond acceptors (Lipinski definition) is 4. The average molecular weight is 394 g/mol. The number of aliphatic imine (C=N–C) groups is 1. The molecule has 1 aliphatic rings. The average Bonchev–Trinajstić information content (AvgIpc) is 2.70. The van der Waals surface area contributed by atoms with Crippen molar-refractivity contribution in [3.63, 3.8) is 0 Å². The molecule has 2 rings (SSSR count). The van der Waals surface area contributed by atoms with E-state index in [0.29, 0.717) is 12.5 Å². The largest absolute Gasteiger partial charge is 0.379 e. The van der Waals surface area contributed by atoms with E-state index in [4.69, 9.17) is 4.74 Å². The molecule has 0 unspecified atom stereocenters. The molecule has 0 spiro atoms. The van der Waals surface area contributed by atoms with Gasteiger partial charge in [-0.3, -0.25) is 9.69 Å². The van der Waals surface area contributed by atoms with Gasteiger partial charge in [0, 0.05) is 40.3 Å². The van der Waals surface area contributed by atoms with E-state index in [9.17, 15) is 9.18 Å². The van der Waals surface area contributed by atoms with Gasteiger partial charge in [0.15, 0.2) is 5.96 Å². The van der Waals surface area contributed by atoms with E-state index < -0.39 is 0 Å². The van der Waals surface area contributed by atoms with E-state index in [1.54, 1.807) is 26.2 Å². The number of nitrogens with one attached hydrogen (secondary N) is 2. The number of ether oxygens (including phenoxy) is 1. The lowest BCUT2D eigenvalue weighted by Gasteiger charge is -2.26. The molecule has 0 aliphatic carbocycles. The molecule has 0 saturated carbocycles. The van der Waals surface area contributed by atoms with Crippen molar-refractivity contribution in [2.75, 3.05) is 66.6 Å². The van der Waals surface area contributed by atoms with E-state index >= 15 is 0 Å². The van der Waals surface area contributed by atoms with Gasteiger partial charge in [-0.2, -0.15) is 0 Å². The molecule has 1 aliphatic heterocycles. The number of carbonyl (C=O) groups excluding carboxylic acids is 1. The lowest BCUT2D eigenvalue weighted by molar-refractivity contribution is -0.127. The van der Waals surface area contributed by atoms with Crippen LogP contribution in [-0.4, -0.2) is 88.2 Å². The molecule has 7 nitrogen and oxygen atoms in total. The zero-order valence-electron chi connectivity index (χ0n) is 16.9. The lowest BCUT2D eigenvalue weighted by Crippen LogP contribution is -2.41. The fraction of sp³-hybridized carbons (Fsp3) is 0.600. The zero-order chi connectivity index (χ0) is 20.2. The number of likely N-dealkylation sites (N-methyl/N-ethyl adjacent to an activating group) is 1. The van der Waals surface area contributed by atoms with E-state index in [-0.39, 0.29) is 18.3 Å². The van der Waals surface area contributed by atoms with Crippen molar-refractivity contribution in [1.29, 1.82) is 0 Å². The maximum absolute atomic E-state index is 13.0. The van der Waals surface area contributed by atoms with Crippen LogP contribution in [0.4, 0.5) is 4.39 Å². The Morgan fingerprint density at radius 2 is 1.86 bits per heavy atom. The molecule has 1 amide bonds. The molecule has 28 heavy (non-hydrogen) atoms. The minimum atomic E-state index is -0.233. The van der Waals surface area contributed by atoms with Gasteiger partial charge >= 0.3 is 0 Å². The molecule has 2 N–H and O–H groups in total. The first-order chi connectivity index (χ1) is 13.5. The van der Waals surface area contributed by atoms with Crippen LogP contribution in [-0.2, 0) is 16.0 Å². The van der Waals surface area contributed by atoms with Crippen LogP contribution >= 0.6 is 0 Å². The van der Waals surface area contributed by atoms with Crippen LogP contribution in [0.5, 0.6) is 0 Å². The molecule has 1 aromatic rings. The minimum Gasteiger partial charge on any atom is -0.379 e. The van der Waals surface area contributed by atoms with Crippen molar-refractivity contribution in [2.45, 2.75) is 12.8 Å². The number of rotatable bonds is 9. The number of carbonyl (C=O) groups is 1. The smallest absolute Gasteiger partial charge is 0.243 e. The summed E-state index contributed by atoms with van der Waals surface area (Å²) >= 11 is 0. The third-order valence-electron chi connectivity index (χ3n) is 4.54. The van der Waals surface area contributed by atoms with Crippen molar-refractivity contribution in [1.82, 2.24) is 20.4 Å². The molecule has 1 fully saturated rings. The van der Waals surface area contributed by atoms with Crippen molar-refractivity contribution < 1.29 is 13.9 Å². The highest BCUT2D eigenvalue weighted by Crippen LogP contribution is 2.02. The summed E-state index contributed by atoms with van der Waals surface area (Å²) in [5.74, 6) is 0.343. The monoisotopic (exact) mass is 393 g/mol. The van der Waals surface area contributed by atoms with Crippen LogP contribution in [0.1, 0.15) is 12.0 Å². The molecule has 8 heteroatoms. The van der Waals surface area contributed by atoms with Gasteiger partial charge in [-0.05, 0) is 37.1 Å². The number of benzene rings is 1. The predicted molar refractivity (Wildman–Crippen MR) is 109 cm³/mol. The summed E-state index contributed by atoms with van der Waals surface area (Å²) in [7, 11) is 3.44. The van der Waals surface area contributed by atoms with Gasteiger partial charge < -0.3 is 20.3 Å². The first kappa shape index (κ1) is 22.1. The number of nitrogens with zero attached hydrogens (tertiary/aromatic N) is 3. The third-order valence-corrected chi connectivity index (χ3v) is 4.54. The second kappa shape index (κ2) is 12.3. The van der Waals surface area contributed by atoms with Crippen LogP contribution in [0, 0.1) is 5.82 Å². The highest BCUT2D eigenvalue weighted by molar-refractivity contribution is 5.84. The van der Waals surface area contributed by atoms with Gasteiger partial charge in [0.25, 0.3) is 0 Å². The summed E-state index contributed by atoms with van der Waals surface area (Å²) < 4.78 is 18.4. The number of amides is 1. The molecule has 0 atom stereocenters. The van der Waals surface area contributed by atoms with Crippen LogP contribution < -0.4 is 10.6 Å². The summed E-state index contributed by atoms with van der Waals surface area (Å²) in [6.07, 6.45) is 1.73. The first-order valence-corrected chi connectivity index (χ1v) is 9.81. The number of hydrogen-bond donors (Lipinski definition) is 2. The predicted octanol–water partition coefficient (Wildman–Crippen LogP) is 0.714. The van der Waals surface area contributed by atoms with Gasteiger partial charge in [-0.15, -0.1) is 0 Å². The standard InChI is InChI=1S/C20H32FN5O2/c1-25(2)19(27)16-24-20(22-9-3-11-26-12-14-28-15-13-26)23-10-8-17-4-6-18(21)7-5-17/h4-7H,3,8-16H2,1-2H3,(H2,22,23,24). The Labute approximate surface area is 166 Å². The highest BCUT2D eigenvalue weighted by Gasteiger charge is 2.09. The first-order valence-electron chi connectivity index (χ1n) is 9.81.